The Bertz CT molecular complexity index is 1620. The highest BCUT2D eigenvalue weighted by Crippen LogP contribution is 2.22. The minimum absolute atomic E-state index is 0.0590. The second-order valence-corrected chi connectivity index (χ2v) is 8.98. The van der Waals surface area contributed by atoms with Crippen molar-refractivity contribution in [3.63, 3.8) is 0 Å². The number of nitrogens with one attached hydrogen (secondary N) is 1. The van der Waals surface area contributed by atoms with Gasteiger partial charge < -0.3 is 0 Å². The smallest absolute Gasteiger partial charge is 0.266 e. The summed E-state index contributed by atoms with van der Waals surface area (Å²) < 4.78 is 1.55. The van der Waals surface area contributed by atoms with Gasteiger partial charge in [-0.2, -0.15) is 5.10 Å². The van der Waals surface area contributed by atoms with Crippen LogP contribution in [0, 0.1) is 6.92 Å². The highest BCUT2D eigenvalue weighted by atomic mass is 32.2. The maximum Gasteiger partial charge on any atom is 0.266 e. The number of rotatable bonds is 6. The summed E-state index contributed by atoms with van der Waals surface area (Å²) in [5.41, 5.74) is 5.72. The molecule has 5 aromatic rings. The van der Waals surface area contributed by atoms with Gasteiger partial charge in [0.2, 0.25) is 0 Å². The molecule has 7 heteroatoms. The topological polar surface area (TPSA) is 76.3 Å². The Morgan fingerprint density at radius 2 is 1.66 bits per heavy atom. The van der Waals surface area contributed by atoms with Crippen LogP contribution >= 0.6 is 11.8 Å². The van der Waals surface area contributed by atoms with Crippen molar-refractivity contribution in [2.24, 2.45) is 5.10 Å². The average Bonchev–Trinajstić information content (AvgIpc) is 2.88. The second-order valence-electron chi connectivity index (χ2n) is 8.04. The molecule has 0 aliphatic carbocycles. The molecular formula is C28H22N4O2S. The highest BCUT2D eigenvalue weighted by Gasteiger charge is 2.14. The minimum atomic E-state index is -0.288. The molecule has 4 aromatic carbocycles. The van der Waals surface area contributed by atoms with Gasteiger partial charge in [-0.3, -0.25) is 14.2 Å². The van der Waals surface area contributed by atoms with Gasteiger partial charge in [0.15, 0.2) is 5.16 Å². The summed E-state index contributed by atoms with van der Waals surface area (Å²) >= 11 is 1.20. The van der Waals surface area contributed by atoms with E-state index in [9.17, 15) is 9.59 Å². The molecule has 0 unspecified atom stereocenters. The number of aromatic nitrogens is 2. The monoisotopic (exact) mass is 478 g/mol. The largest absolute Gasteiger partial charge is 0.272 e. The molecule has 0 radical (unpaired) electrons. The third-order valence-electron chi connectivity index (χ3n) is 5.59. The van der Waals surface area contributed by atoms with E-state index in [1.807, 2.05) is 85.8 Å². The van der Waals surface area contributed by atoms with Crippen molar-refractivity contribution in [2.75, 3.05) is 5.75 Å². The molecule has 0 fully saturated rings. The highest BCUT2D eigenvalue weighted by molar-refractivity contribution is 7.99. The van der Waals surface area contributed by atoms with Crippen LogP contribution in [0.4, 0.5) is 0 Å². The SMILES string of the molecule is Cc1ccc(-n2c(SCC(=O)N/N=C\c3cccc4ccccc34)nc3ccccc3c2=O)cc1. The van der Waals surface area contributed by atoms with Crippen LogP contribution in [-0.2, 0) is 4.79 Å². The van der Waals surface area contributed by atoms with Crippen LogP contribution < -0.4 is 11.0 Å². The van der Waals surface area contributed by atoms with Crippen molar-refractivity contribution >= 4 is 45.6 Å². The summed E-state index contributed by atoms with van der Waals surface area (Å²) in [6.07, 6.45) is 1.64. The van der Waals surface area contributed by atoms with Gasteiger partial charge in [0.25, 0.3) is 11.5 Å². The van der Waals surface area contributed by atoms with Crippen LogP contribution in [0.2, 0.25) is 0 Å². The van der Waals surface area contributed by atoms with E-state index in [0.717, 1.165) is 21.9 Å². The molecule has 0 atom stereocenters. The molecule has 172 valence electrons. The first-order valence-corrected chi connectivity index (χ1v) is 12.1. The van der Waals surface area contributed by atoms with Gasteiger partial charge >= 0.3 is 0 Å². The maximum absolute atomic E-state index is 13.3. The summed E-state index contributed by atoms with van der Waals surface area (Å²) in [6, 6.07) is 28.8. The number of carbonyl (C=O) groups excluding carboxylic acids is 1. The molecule has 35 heavy (non-hydrogen) atoms. The predicted molar refractivity (Wildman–Crippen MR) is 142 cm³/mol. The number of thioether (sulfide) groups is 1. The standard InChI is InChI=1S/C28H22N4O2S/c1-19-13-15-22(16-14-19)32-27(34)24-11-4-5-12-25(24)30-28(32)35-18-26(33)31-29-17-21-9-6-8-20-7-2-3-10-23(20)21/h2-17H,18H2,1H3,(H,31,33)/b29-17-. The Kier molecular flexibility index (Phi) is 6.41. The lowest BCUT2D eigenvalue weighted by Gasteiger charge is -2.13. The normalized spacial score (nSPS) is 11.3. The number of para-hydroxylation sites is 1. The average molecular weight is 479 g/mol. The van der Waals surface area contributed by atoms with Crippen molar-refractivity contribution in [1.82, 2.24) is 15.0 Å². The van der Waals surface area contributed by atoms with E-state index >= 15 is 0 Å². The van der Waals surface area contributed by atoms with Crippen LogP contribution in [0.25, 0.3) is 27.4 Å². The van der Waals surface area contributed by atoms with Crippen molar-refractivity contribution in [3.8, 4) is 5.69 Å². The molecule has 0 spiro atoms. The van der Waals surface area contributed by atoms with Gasteiger partial charge in [0.1, 0.15) is 0 Å². The van der Waals surface area contributed by atoms with Crippen molar-refractivity contribution in [1.29, 1.82) is 0 Å². The zero-order chi connectivity index (χ0) is 24.2. The van der Waals surface area contributed by atoms with Crippen LogP contribution in [0.1, 0.15) is 11.1 Å². The number of hydrogen-bond donors (Lipinski definition) is 1. The van der Waals surface area contributed by atoms with Crippen molar-refractivity contribution in [3.05, 3.63) is 112 Å². The fraction of sp³-hybridized carbons (Fsp3) is 0.0714. The van der Waals surface area contributed by atoms with E-state index in [1.165, 1.54) is 11.8 Å². The Labute approximate surface area is 206 Å². The van der Waals surface area contributed by atoms with E-state index in [1.54, 1.807) is 22.9 Å². The first kappa shape index (κ1) is 22.6. The van der Waals surface area contributed by atoms with Crippen LogP contribution in [0.5, 0.6) is 0 Å². The number of nitrogens with zero attached hydrogens (tertiary/aromatic N) is 3. The van der Waals surface area contributed by atoms with Gasteiger partial charge in [-0.1, -0.05) is 84.1 Å². The van der Waals surface area contributed by atoms with Gasteiger partial charge in [0, 0.05) is 5.56 Å². The van der Waals surface area contributed by atoms with E-state index in [-0.39, 0.29) is 17.2 Å². The Morgan fingerprint density at radius 3 is 2.49 bits per heavy atom. The van der Waals surface area contributed by atoms with Gasteiger partial charge in [-0.15, -0.1) is 0 Å². The quantitative estimate of drug-likeness (QED) is 0.160. The lowest BCUT2D eigenvalue weighted by atomic mass is 10.1. The molecule has 0 saturated carbocycles. The van der Waals surface area contributed by atoms with Gasteiger partial charge in [-0.05, 0) is 42.0 Å². The molecule has 1 amide bonds. The number of carbonyl (C=O) groups is 1. The molecule has 0 aliphatic heterocycles. The Balaban J connectivity index is 1.37. The molecule has 1 aromatic heterocycles. The number of hydrogen-bond acceptors (Lipinski definition) is 5. The second kappa shape index (κ2) is 9.95. The summed E-state index contributed by atoms with van der Waals surface area (Å²) in [6.45, 7) is 1.99. The predicted octanol–water partition coefficient (Wildman–Crippen LogP) is 5.09. The summed E-state index contributed by atoms with van der Waals surface area (Å²) in [7, 11) is 0. The number of amides is 1. The van der Waals surface area contributed by atoms with Crippen molar-refractivity contribution < 1.29 is 4.79 Å². The third kappa shape index (κ3) is 4.85. The first-order chi connectivity index (χ1) is 17.1. The fourth-order valence-corrected chi connectivity index (χ4v) is 4.63. The first-order valence-electron chi connectivity index (χ1n) is 11.1. The van der Waals surface area contributed by atoms with E-state index in [2.05, 4.69) is 15.5 Å². The molecule has 0 saturated heterocycles. The lowest BCUT2D eigenvalue weighted by Crippen LogP contribution is -2.24. The summed E-state index contributed by atoms with van der Waals surface area (Å²) in [5, 5.41) is 7.28. The zero-order valence-corrected chi connectivity index (χ0v) is 19.8. The number of hydrazone groups is 1. The van der Waals surface area contributed by atoms with Crippen LogP contribution in [0.15, 0.2) is 106 Å². The van der Waals surface area contributed by atoms with E-state index in [4.69, 9.17) is 0 Å². The van der Waals surface area contributed by atoms with Crippen LogP contribution in [-0.4, -0.2) is 27.4 Å². The van der Waals surface area contributed by atoms with Crippen molar-refractivity contribution in [2.45, 2.75) is 12.1 Å². The fourth-order valence-electron chi connectivity index (χ4n) is 3.83. The summed E-state index contributed by atoms with van der Waals surface area (Å²) in [4.78, 5) is 30.5. The number of aryl methyl sites for hydroxylation is 1. The Hall–Kier alpha value is -4.23. The lowest BCUT2D eigenvalue weighted by molar-refractivity contribution is -0.118. The molecule has 1 heterocycles. The molecule has 1 N–H and O–H groups in total. The van der Waals surface area contributed by atoms with Gasteiger partial charge in [0.05, 0.1) is 28.6 Å². The zero-order valence-electron chi connectivity index (χ0n) is 19.0. The number of fused-ring (bicyclic) bond motifs is 2. The molecule has 6 nitrogen and oxygen atoms in total. The number of benzene rings is 4. The molecule has 5 rings (SSSR count). The Morgan fingerprint density at radius 1 is 0.943 bits per heavy atom. The molecule has 0 bridgehead atoms. The summed E-state index contributed by atoms with van der Waals surface area (Å²) in [5.74, 6) is -0.229. The minimum Gasteiger partial charge on any atom is -0.272 e. The van der Waals surface area contributed by atoms with Crippen LogP contribution in [0.3, 0.4) is 0 Å². The maximum atomic E-state index is 13.3. The molecular weight excluding hydrogens is 456 g/mol. The van der Waals surface area contributed by atoms with E-state index in [0.29, 0.717) is 21.7 Å². The molecule has 0 aliphatic rings. The van der Waals surface area contributed by atoms with Gasteiger partial charge in [-0.25, -0.2) is 10.4 Å². The third-order valence-corrected chi connectivity index (χ3v) is 6.52. The van der Waals surface area contributed by atoms with E-state index < -0.39 is 0 Å².